The smallest absolute Gasteiger partial charge is 0.265 e. The highest BCUT2D eigenvalue weighted by Crippen LogP contribution is 2.26. The number of ether oxygens (including phenoxy) is 1. The maximum atomic E-state index is 12.5. The second-order valence-electron chi connectivity index (χ2n) is 4.45. The van der Waals surface area contributed by atoms with E-state index in [-0.39, 0.29) is 10.6 Å². The first-order chi connectivity index (χ1) is 9.96. The van der Waals surface area contributed by atoms with Gasteiger partial charge in [0, 0.05) is 0 Å². The van der Waals surface area contributed by atoms with Crippen LogP contribution in [-0.4, -0.2) is 15.5 Å². The van der Waals surface area contributed by atoms with Crippen LogP contribution < -0.4 is 9.46 Å². The third-order valence-corrected chi connectivity index (χ3v) is 4.26. The van der Waals surface area contributed by atoms with E-state index in [0.717, 1.165) is 5.56 Å². The number of benzene rings is 2. The van der Waals surface area contributed by atoms with Crippen molar-refractivity contribution >= 4 is 15.7 Å². The van der Waals surface area contributed by atoms with Crippen LogP contribution in [0.1, 0.15) is 11.1 Å². The van der Waals surface area contributed by atoms with Crippen LogP contribution in [0.3, 0.4) is 0 Å². The predicted octanol–water partition coefficient (Wildman–Crippen LogP) is 2.68. The van der Waals surface area contributed by atoms with Gasteiger partial charge >= 0.3 is 0 Å². The van der Waals surface area contributed by atoms with Gasteiger partial charge in [-0.3, -0.25) is 4.72 Å². The topological polar surface area (TPSA) is 79.2 Å². The number of nitrogens with one attached hydrogen (secondary N) is 1. The molecular formula is C15H14N2O3S. The van der Waals surface area contributed by atoms with Gasteiger partial charge in [-0.2, -0.15) is 5.26 Å². The lowest BCUT2D eigenvalue weighted by atomic mass is 10.2. The van der Waals surface area contributed by atoms with Crippen LogP contribution in [-0.2, 0) is 10.0 Å². The fourth-order valence-corrected chi connectivity index (χ4v) is 3.16. The third kappa shape index (κ3) is 3.33. The Morgan fingerprint density at radius 3 is 2.62 bits per heavy atom. The molecule has 0 spiro atoms. The lowest BCUT2D eigenvalue weighted by Crippen LogP contribution is -2.14. The van der Waals surface area contributed by atoms with Crippen molar-refractivity contribution in [1.29, 1.82) is 5.26 Å². The Labute approximate surface area is 123 Å². The summed E-state index contributed by atoms with van der Waals surface area (Å²) < 4.78 is 32.5. The monoisotopic (exact) mass is 302 g/mol. The quantitative estimate of drug-likeness (QED) is 0.941. The Hall–Kier alpha value is -2.52. The zero-order valence-corrected chi connectivity index (χ0v) is 12.4. The number of rotatable bonds is 4. The van der Waals surface area contributed by atoms with Crippen molar-refractivity contribution in [2.45, 2.75) is 11.8 Å². The molecule has 0 radical (unpaired) electrons. The molecule has 0 aliphatic rings. The average molecular weight is 302 g/mol. The van der Waals surface area contributed by atoms with E-state index in [0.29, 0.717) is 11.3 Å². The van der Waals surface area contributed by atoms with Crippen molar-refractivity contribution in [3.63, 3.8) is 0 Å². The van der Waals surface area contributed by atoms with Crippen LogP contribution in [0, 0.1) is 18.3 Å². The Morgan fingerprint density at radius 2 is 1.95 bits per heavy atom. The second-order valence-corrected chi connectivity index (χ2v) is 6.10. The van der Waals surface area contributed by atoms with Gasteiger partial charge in [0.05, 0.1) is 24.4 Å². The maximum Gasteiger partial charge on any atom is 0.265 e. The summed E-state index contributed by atoms with van der Waals surface area (Å²) in [5.74, 6) is 0.268. The molecule has 0 saturated heterocycles. The highest BCUT2D eigenvalue weighted by atomic mass is 32.2. The number of hydrogen-bond donors (Lipinski definition) is 1. The summed E-state index contributed by atoms with van der Waals surface area (Å²) in [7, 11) is -2.37. The Kier molecular flexibility index (Phi) is 4.15. The molecule has 0 fully saturated rings. The van der Waals surface area contributed by atoms with Crippen LogP contribution >= 0.6 is 0 Å². The molecule has 21 heavy (non-hydrogen) atoms. The molecule has 0 aliphatic heterocycles. The van der Waals surface area contributed by atoms with Gasteiger partial charge in [0.25, 0.3) is 10.0 Å². The lowest BCUT2D eigenvalue weighted by Gasteiger charge is -2.12. The van der Waals surface area contributed by atoms with E-state index in [1.807, 2.05) is 6.07 Å². The van der Waals surface area contributed by atoms with Gasteiger partial charge in [-0.15, -0.1) is 0 Å². The molecule has 0 unspecified atom stereocenters. The van der Waals surface area contributed by atoms with Crippen molar-refractivity contribution in [3.05, 3.63) is 53.6 Å². The minimum Gasteiger partial charge on any atom is -0.495 e. The first-order valence-electron chi connectivity index (χ1n) is 6.14. The summed E-state index contributed by atoms with van der Waals surface area (Å²) in [6.07, 6.45) is 0. The molecule has 0 bridgehead atoms. The largest absolute Gasteiger partial charge is 0.495 e. The van der Waals surface area contributed by atoms with E-state index in [1.54, 1.807) is 37.3 Å². The van der Waals surface area contributed by atoms with Crippen LogP contribution in [0.2, 0.25) is 0 Å². The molecule has 108 valence electrons. The van der Waals surface area contributed by atoms with Gasteiger partial charge < -0.3 is 4.74 Å². The van der Waals surface area contributed by atoms with E-state index in [9.17, 15) is 8.42 Å². The second kappa shape index (κ2) is 5.85. The molecular weight excluding hydrogens is 288 g/mol. The number of methoxy groups -OCH3 is 1. The summed E-state index contributed by atoms with van der Waals surface area (Å²) in [4.78, 5) is 0.0624. The molecule has 0 aromatic heterocycles. The molecule has 0 heterocycles. The SMILES string of the molecule is COc1ccc(C)cc1S(=O)(=O)Nc1cccc(C#N)c1. The minimum atomic E-state index is -3.79. The first kappa shape index (κ1) is 14.9. The zero-order valence-electron chi connectivity index (χ0n) is 11.6. The summed E-state index contributed by atoms with van der Waals surface area (Å²) in [6.45, 7) is 1.80. The molecule has 1 N–H and O–H groups in total. The predicted molar refractivity (Wildman–Crippen MR) is 79.7 cm³/mol. The summed E-state index contributed by atoms with van der Waals surface area (Å²) in [5.41, 5.74) is 1.52. The van der Waals surface area contributed by atoms with Gasteiger partial charge in [0.2, 0.25) is 0 Å². The van der Waals surface area contributed by atoms with E-state index >= 15 is 0 Å². The van der Waals surface area contributed by atoms with Crippen molar-refractivity contribution in [2.75, 3.05) is 11.8 Å². The van der Waals surface area contributed by atoms with Crippen LogP contribution in [0.25, 0.3) is 0 Å². The molecule has 0 amide bonds. The van der Waals surface area contributed by atoms with Crippen LogP contribution in [0.4, 0.5) is 5.69 Å². The van der Waals surface area contributed by atoms with Gasteiger partial charge in [0.15, 0.2) is 0 Å². The number of sulfonamides is 1. The van der Waals surface area contributed by atoms with Gasteiger partial charge in [0.1, 0.15) is 10.6 Å². The molecule has 0 saturated carbocycles. The molecule has 6 heteroatoms. The highest BCUT2D eigenvalue weighted by Gasteiger charge is 2.19. The molecule has 2 aromatic carbocycles. The maximum absolute atomic E-state index is 12.5. The fourth-order valence-electron chi connectivity index (χ4n) is 1.86. The van der Waals surface area contributed by atoms with E-state index in [4.69, 9.17) is 10.00 Å². The fraction of sp³-hybridized carbons (Fsp3) is 0.133. The summed E-state index contributed by atoms with van der Waals surface area (Å²) in [5, 5.41) is 8.85. The number of nitriles is 1. The van der Waals surface area contributed by atoms with E-state index in [1.165, 1.54) is 19.2 Å². The van der Waals surface area contributed by atoms with Crippen molar-refractivity contribution in [3.8, 4) is 11.8 Å². The Balaban J connectivity index is 2.43. The lowest BCUT2D eigenvalue weighted by molar-refractivity contribution is 0.402. The standard InChI is InChI=1S/C15H14N2O3S/c1-11-6-7-14(20-2)15(8-11)21(18,19)17-13-5-3-4-12(9-13)10-16/h3-9,17H,1-2H3. The van der Waals surface area contributed by atoms with Gasteiger partial charge in [-0.05, 0) is 42.8 Å². The first-order valence-corrected chi connectivity index (χ1v) is 7.62. The minimum absolute atomic E-state index is 0.0624. The molecule has 0 aliphatic carbocycles. The zero-order chi connectivity index (χ0) is 15.5. The van der Waals surface area contributed by atoms with Gasteiger partial charge in [-0.25, -0.2) is 8.42 Å². The van der Waals surface area contributed by atoms with E-state index in [2.05, 4.69) is 4.72 Å². The molecule has 5 nitrogen and oxygen atoms in total. The Bertz CT molecular complexity index is 808. The van der Waals surface area contributed by atoms with Crippen LogP contribution in [0.15, 0.2) is 47.4 Å². The van der Waals surface area contributed by atoms with Crippen molar-refractivity contribution in [1.82, 2.24) is 0 Å². The number of hydrogen-bond acceptors (Lipinski definition) is 4. The summed E-state index contributed by atoms with van der Waals surface area (Å²) >= 11 is 0. The van der Waals surface area contributed by atoms with Gasteiger partial charge in [-0.1, -0.05) is 12.1 Å². The average Bonchev–Trinajstić information content (AvgIpc) is 2.47. The number of anilines is 1. The normalized spacial score (nSPS) is 10.7. The van der Waals surface area contributed by atoms with Crippen LogP contribution in [0.5, 0.6) is 5.75 Å². The Morgan fingerprint density at radius 1 is 1.19 bits per heavy atom. The van der Waals surface area contributed by atoms with Crippen molar-refractivity contribution in [2.24, 2.45) is 0 Å². The molecule has 2 aromatic rings. The summed E-state index contributed by atoms with van der Waals surface area (Å²) in [6, 6.07) is 13.2. The number of nitrogens with zero attached hydrogens (tertiary/aromatic N) is 1. The highest BCUT2D eigenvalue weighted by molar-refractivity contribution is 7.92. The third-order valence-electron chi connectivity index (χ3n) is 2.85. The molecule has 0 atom stereocenters. The number of aryl methyl sites for hydroxylation is 1. The van der Waals surface area contributed by atoms with Crippen molar-refractivity contribution < 1.29 is 13.2 Å². The molecule has 2 rings (SSSR count). The van der Waals surface area contributed by atoms with E-state index < -0.39 is 10.0 Å².